The fourth-order valence-corrected chi connectivity index (χ4v) is 6.33. The van der Waals surface area contributed by atoms with Crippen LogP contribution in [0.5, 0.6) is 11.8 Å². The van der Waals surface area contributed by atoms with E-state index in [1.807, 2.05) is 62.4 Å². The second-order valence-electron chi connectivity index (χ2n) is 10.3. The van der Waals surface area contributed by atoms with Gasteiger partial charge in [0.15, 0.2) is 17.7 Å². The minimum absolute atomic E-state index is 0.198. The molecule has 10 nitrogen and oxygen atoms in total. The molecule has 3 heterocycles. The molecule has 0 unspecified atom stereocenters. The molecule has 0 saturated heterocycles. The molecule has 0 N–H and O–H groups in total. The Bertz CT molecular complexity index is 2140. The standard InChI is InChI=1S/C33H28N4O6S/c1-4-23-16-27-30(39)36(18-28(38)21-10-12-22(42-3)13-11-21)33(41)37(31(27)44-23)17-20-9-14-24(19(2)15-20)25-7-5-6-8-26(25)29-34-32(40)43-35-29/h5-16H,4,17-18H2,1-3H3,(H,34,35,40)/p-1. The number of Topliss-reactive ketones (excluding diaryl/α,β-unsaturated/α-hetero) is 1. The SMILES string of the molecule is CCc1cc2c(=O)n(CC(=O)c3ccc(OC)cc3)c(=O)n(Cc3ccc(-c4ccccc4-c4noc([O-])n4)c(C)c3)c2s1. The van der Waals surface area contributed by atoms with Crippen molar-refractivity contribution in [2.24, 2.45) is 0 Å². The molecule has 6 rings (SSSR count). The highest BCUT2D eigenvalue weighted by Gasteiger charge is 2.20. The van der Waals surface area contributed by atoms with Crippen molar-refractivity contribution in [1.82, 2.24) is 19.3 Å². The van der Waals surface area contributed by atoms with Crippen molar-refractivity contribution in [3.05, 3.63) is 115 Å². The number of hydrogen-bond donors (Lipinski definition) is 0. The van der Waals surface area contributed by atoms with E-state index < -0.39 is 17.3 Å². The van der Waals surface area contributed by atoms with Crippen molar-refractivity contribution in [3.63, 3.8) is 0 Å². The third-order valence-corrected chi connectivity index (χ3v) is 8.81. The second kappa shape index (κ2) is 11.8. The van der Waals surface area contributed by atoms with Crippen LogP contribution in [0.1, 0.15) is 33.3 Å². The van der Waals surface area contributed by atoms with Gasteiger partial charge in [-0.2, -0.15) is 5.16 Å². The molecule has 3 aromatic carbocycles. The molecule has 11 heteroatoms. The van der Waals surface area contributed by atoms with Crippen LogP contribution in [-0.4, -0.2) is 32.2 Å². The number of thiophene rings is 1. The smallest absolute Gasteiger partial charge is 0.332 e. The molecular formula is C33H27N4O6S-. The number of carbonyl (C=O) groups is 1. The summed E-state index contributed by atoms with van der Waals surface area (Å²) in [6, 6.07) is 21.7. The van der Waals surface area contributed by atoms with E-state index in [9.17, 15) is 19.5 Å². The number of hydrogen-bond acceptors (Lipinski definition) is 9. The number of rotatable bonds is 9. The highest BCUT2D eigenvalue weighted by atomic mass is 32.1. The van der Waals surface area contributed by atoms with E-state index in [1.54, 1.807) is 28.8 Å². The van der Waals surface area contributed by atoms with Crippen LogP contribution >= 0.6 is 11.3 Å². The summed E-state index contributed by atoms with van der Waals surface area (Å²) >= 11 is 1.41. The minimum Gasteiger partial charge on any atom is -0.528 e. The van der Waals surface area contributed by atoms with Gasteiger partial charge in [-0.05, 0) is 65.9 Å². The zero-order valence-corrected chi connectivity index (χ0v) is 25.0. The Morgan fingerprint density at radius 2 is 1.73 bits per heavy atom. The van der Waals surface area contributed by atoms with Gasteiger partial charge in [-0.15, -0.1) is 11.3 Å². The Labute approximate surface area is 255 Å². The Morgan fingerprint density at radius 1 is 0.977 bits per heavy atom. The van der Waals surface area contributed by atoms with Gasteiger partial charge in [-0.1, -0.05) is 49.4 Å². The van der Waals surface area contributed by atoms with Gasteiger partial charge in [0.2, 0.25) is 0 Å². The van der Waals surface area contributed by atoms with Gasteiger partial charge in [0.1, 0.15) is 10.6 Å². The number of aromatic nitrogens is 4. The molecule has 6 aromatic rings. The van der Waals surface area contributed by atoms with Gasteiger partial charge in [-0.25, -0.2) is 9.78 Å². The first kappa shape index (κ1) is 28.8. The normalized spacial score (nSPS) is 11.2. The average molecular weight is 608 g/mol. The number of methoxy groups -OCH3 is 1. The fourth-order valence-electron chi connectivity index (χ4n) is 5.26. The summed E-state index contributed by atoms with van der Waals surface area (Å²) in [6.45, 7) is 3.76. The predicted molar refractivity (Wildman–Crippen MR) is 166 cm³/mol. The molecule has 3 aromatic heterocycles. The Morgan fingerprint density at radius 3 is 2.39 bits per heavy atom. The van der Waals surface area contributed by atoms with Crippen LogP contribution in [0.3, 0.4) is 0 Å². The van der Waals surface area contributed by atoms with E-state index in [2.05, 4.69) is 14.7 Å². The number of carbonyl (C=O) groups excluding carboxylic acids is 1. The molecule has 0 fully saturated rings. The molecular weight excluding hydrogens is 580 g/mol. The van der Waals surface area contributed by atoms with Crippen molar-refractivity contribution < 1.29 is 19.2 Å². The summed E-state index contributed by atoms with van der Waals surface area (Å²) in [5, 5.41) is 15.7. The maximum Gasteiger partial charge on any atom is 0.332 e. The van der Waals surface area contributed by atoms with E-state index in [0.717, 1.165) is 31.7 Å². The van der Waals surface area contributed by atoms with E-state index in [-0.39, 0.29) is 24.7 Å². The summed E-state index contributed by atoms with van der Waals surface area (Å²) in [4.78, 5) is 45.9. The van der Waals surface area contributed by atoms with Crippen molar-refractivity contribution >= 4 is 27.3 Å². The van der Waals surface area contributed by atoms with Gasteiger partial charge in [0.05, 0.1) is 25.6 Å². The summed E-state index contributed by atoms with van der Waals surface area (Å²) in [5.74, 6) is 0.455. The van der Waals surface area contributed by atoms with Gasteiger partial charge < -0.3 is 14.4 Å². The van der Waals surface area contributed by atoms with Crippen LogP contribution in [0.15, 0.2) is 86.9 Å². The molecule has 0 radical (unpaired) electrons. The summed E-state index contributed by atoms with van der Waals surface area (Å²) in [7, 11) is 1.54. The third kappa shape index (κ3) is 5.33. The predicted octanol–water partition coefficient (Wildman–Crippen LogP) is 4.83. The number of benzene rings is 3. The van der Waals surface area contributed by atoms with Crippen molar-refractivity contribution in [2.75, 3.05) is 7.11 Å². The first-order chi connectivity index (χ1) is 21.3. The quantitative estimate of drug-likeness (QED) is 0.214. The lowest BCUT2D eigenvalue weighted by molar-refractivity contribution is -0.303. The lowest BCUT2D eigenvalue weighted by atomic mass is 9.94. The third-order valence-electron chi connectivity index (χ3n) is 7.51. The molecule has 0 amide bonds. The van der Waals surface area contributed by atoms with Crippen LogP contribution in [0.25, 0.3) is 32.7 Å². The number of nitrogens with zero attached hydrogens (tertiary/aromatic N) is 4. The van der Waals surface area contributed by atoms with E-state index in [4.69, 9.17) is 4.74 Å². The highest BCUT2D eigenvalue weighted by molar-refractivity contribution is 7.18. The lowest BCUT2D eigenvalue weighted by Crippen LogP contribution is -2.41. The van der Waals surface area contributed by atoms with Gasteiger partial charge in [-0.3, -0.25) is 18.7 Å². The van der Waals surface area contributed by atoms with E-state index in [0.29, 0.717) is 33.5 Å². The van der Waals surface area contributed by atoms with Crippen LogP contribution < -0.4 is 21.1 Å². The molecule has 0 aliphatic rings. The van der Waals surface area contributed by atoms with E-state index in [1.165, 1.54) is 18.4 Å². The first-order valence-electron chi connectivity index (χ1n) is 13.9. The lowest BCUT2D eigenvalue weighted by Gasteiger charge is -2.14. The monoisotopic (exact) mass is 607 g/mol. The minimum atomic E-state index is -0.759. The molecule has 222 valence electrons. The molecule has 0 bridgehead atoms. The van der Waals surface area contributed by atoms with Crippen LogP contribution in [-0.2, 0) is 19.5 Å². The maximum absolute atomic E-state index is 13.9. The average Bonchev–Trinajstić information content (AvgIpc) is 3.68. The Kier molecular flexibility index (Phi) is 7.71. The van der Waals surface area contributed by atoms with Crippen LogP contribution in [0.2, 0.25) is 0 Å². The summed E-state index contributed by atoms with van der Waals surface area (Å²) < 4.78 is 12.4. The number of ketones is 1. The Hall–Kier alpha value is -5.29. The Balaban J connectivity index is 1.39. The van der Waals surface area contributed by atoms with Crippen LogP contribution in [0, 0.1) is 6.92 Å². The van der Waals surface area contributed by atoms with Crippen LogP contribution in [0.4, 0.5) is 0 Å². The zero-order valence-electron chi connectivity index (χ0n) is 24.2. The molecule has 0 aliphatic heterocycles. The molecule has 44 heavy (non-hydrogen) atoms. The maximum atomic E-state index is 13.9. The van der Waals surface area contributed by atoms with E-state index >= 15 is 0 Å². The largest absolute Gasteiger partial charge is 0.528 e. The molecule has 0 aliphatic carbocycles. The zero-order chi connectivity index (χ0) is 31.0. The summed E-state index contributed by atoms with van der Waals surface area (Å²) in [5.41, 5.74) is 3.50. The number of aryl methyl sites for hydroxylation is 2. The molecule has 0 atom stereocenters. The van der Waals surface area contributed by atoms with Crippen molar-refractivity contribution in [3.8, 4) is 34.3 Å². The summed E-state index contributed by atoms with van der Waals surface area (Å²) in [6.07, 6.45) is -0.0513. The number of fused-ring (bicyclic) bond motifs is 1. The molecule has 0 spiro atoms. The van der Waals surface area contributed by atoms with Gasteiger partial charge in [0.25, 0.3) is 5.56 Å². The topological polar surface area (TPSA) is 132 Å². The first-order valence-corrected chi connectivity index (χ1v) is 14.7. The highest BCUT2D eigenvalue weighted by Crippen LogP contribution is 2.33. The van der Waals surface area contributed by atoms with Crippen molar-refractivity contribution in [2.45, 2.75) is 33.4 Å². The van der Waals surface area contributed by atoms with Gasteiger partial charge in [0, 0.05) is 16.0 Å². The molecule has 0 saturated carbocycles. The fraction of sp³-hybridized carbons (Fsp3) is 0.182. The second-order valence-corrected chi connectivity index (χ2v) is 11.4. The van der Waals surface area contributed by atoms with Crippen molar-refractivity contribution in [1.29, 1.82) is 0 Å². The van der Waals surface area contributed by atoms with Gasteiger partial charge >= 0.3 is 5.69 Å². The number of ether oxygens (including phenoxy) is 1.